The maximum Gasteiger partial charge on any atom is 0.307 e. The molecule has 0 spiro atoms. The van der Waals surface area contributed by atoms with Crippen LogP contribution in [0.15, 0.2) is 41.3 Å². The van der Waals surface area contributed by atoms with E-state index in [9.17, 15) is 14.0 Å². The van der Waals surface area contributed by atoms with Crippen molar-refractivity contribution in [3.05, 3.63) is 52.2 Å². The average molecular weight is 437 g/mol. The molecule has 0 bridgehead atoms. The molecule has 2 aromatic carbocycles. The van der Waals surface area contributed by atoms with Gasteiger partial charge in [-0.25, -0.2) is 9.37 Å². The average Bonchev–Trinajstić information content (AvgIpc) is 3.06. The molecule has 1 atom stereocenters. The molecule has 9 heteroatoms. The second-order valence-electron chi connectivity index (χ2n) is 6.12. The number of esters is 1. The molecular formula is C19H14ClFN2O3S2. The van der Waals surface area contributed by atoms with Crippen molar-refractivity contribution in [2.75, 3.05) is 12.0 Å². The Morgan fingerprint density at radius 3 is 2.96 bits per heavy atom. The van der Waals surface area contributed by atoms with Crippen molar-refractivity contribution in [3.63, 3.8) is 0 Å². The minimum Gasteiger partial charge on any atom is -0.469 e. The molecule has 28 heavy (non-hydrogen) atoms. The van der Waals surface area contributed by atoms with Crippen LogP contribution in [0.2, 0.25) is 5.02 Å². The van der Waals surface area contributed by atoms with Crippen LogP contribution in [0, 0.1) is 5.82 Å². The molecule has 0 radical (unpaired) electrons. The summed E-state index contributed by atoms with van der Waals surface area (Å²) in [5, 5.41) is 0.496. The van der Waals surface area contributed by atoms with Gasteiger partial charge in [0.2, 0.25) is 5.91 Å². The number of halogens is 2. The van der Waals surface area contributed by atoms with Gasteiger partial charge in [0.25, 0.3) is 0 Å². The Morgan fingerprint density at radius 1 is 1.36 bits per heavy atom. The summed E-state index contributed by atoms with van der Waals surface area (Å²) in [5.41, 5.74) is 1.15. The van der Waals surface area contributed by atoms with E-state index in [0.717, 1.165) is 9.60 Å². The van der Waals surface area contributed by atoms with Gasteiger partial charge in [0.05, 0.1) is 46.3 Å². The number of anilines is 1. The third-order valence-corrected chi connectivity index (χ3v) is 6.86. The lowest BCUT2D eigenvalue weighted by Gasteiger charge is -2.33. The van der Waals surface area contributed by atoms with Gasteiger partial charge < -0.3 is 9.64 Å². The molecule has 0 aliphatic carbocycles. The lowest BCUT2D eigenvalue weighted by molar-refractivity contribution is -0.141. The number of rotatable bonds is 4. The Balaban J connectivity index is 1.72. The molecule has 0 saturated heterocycles. The van der Waals surface area contributed by atoms with E-state index in [0.29, 0.717) is 21.2 Å². The fraction of sp³-hybridized carbons (Fsp3) is 0.211. The van der Waals surface area contributed by atoms with Crippen molar-refractivity contribution in [2.24, 2.45) is 0 Å². The number of ether oxygens (including phenoxy) is 1. The predicted molar refractivity (Wildman–Crippen MR) is 108 cm³/mol. The van der Waals surface area contributed by atoms with Gasteiger partial charge in [-0.05, 0) is 24.3 Å². The highest BCUT2D eigenvalue weighted by molar-refractivity contribution is 8.01. The second-order valence-corrected chi connectivity index (χ2v) is 8.88. The minimum absolute atomic E-state index is 0.0342. The molecule has 1 aromatic heterocycles. The molecular weight excluding hydrogens is 423 g/mol. The molecule has 4 rings (SSSR count). The van der Waals surface area contributed by atoms with E-state index in [1.807, 2.05) is 6.07 Å². The first kappa shape index (κ1) is 19.2. The van der Waals surface area contributed by atoms with Crippen LogP contribution in [-0.2, 0) is 20.9 Å². The van der Waals surface area contributed by atoms with Crippen LogP contribution < -0.4 is 4.90 Å². The van der Waals surface area contributed by atoms with Crippen LogP contribution in [0.1, 0.15) is 11.4 Å². The lowest BCUT2D eigenvalue weighted by atomic mass is 10.2. The number of hydrogen-bond acceptors (Lipinski definition) is 6. The monoisotopic (exact) mass is 436 g/mol. The number of methoxy groups -OCH3 is 1. The zero-order valence-electron chi connectivity index (χ0n) is 14.6. The largest absolute Gasteiger partial charge is 0.469 e. The van der Waals surface area contributed by atoms with Crippen molar-refractivity contribution in [1.29, 1.82) is 0 Å². The molecule has 1 aliphatic rings. The van der Waals surface area contributed by atoms with Gasteiger partial charge in [-0.15, -0.1) is 23.1 Å². The molecule has 1 amide bonds. The molecule has 1 unspecified atom stereocenters. The molecule has 5 nitrogen and oxygen atoms in total. The van der Waals surface area contributed by atoms with Crippen LogP contribution in [0.3, 0.4) is 0 Å². The third kappa shape index (κ3) is 3.59. The van der Waals surface area contributed by atoms with Crippen molar-refractivity contribution < 1.29 is 18.7 Å². The number of carbonyl (C=O) groups is 2. The first-order valence-electron chi connectivity index (χ1n) is 8.34. The van der Waals surface area contributed by atoms with E-state index in [1.54, 1.807) is 23.1 Å². The second kappa shape index (κ2) is 7.69. The number of para-hydroxylation sites is 1. The van der Waals surface area contributed by atoms with Crippen LogP contribution in [0.4, 0.5) is 10.1 Å². The number of amides is 1. The summed E-state index contributed by atoms with van der Waals surface area (Å²) >= 11 is 9.07. The van der Waals surface area contributed by atoms with E-state index >= 15 is 0 Å². The Hall–Kier alpha value is -2.16. The summed E-state index contributed by atoms with van der Waals surface area (Å²) in [5.74, 6) is -1.05. The third-order valence-electron chi connectivity index (χ3n) is 4.30. The van der Waals surface area contributed by atoms with Gasteiger partial charge in [0, 0.05) is 11.0 Å². The number of carbonyl (C=O) groups excluding carboxylic acids is 2. The fourth-order valence-corrected chi connectivity index (χ4v) is 5.52. The van der Waals surface area contributed by atoms with E-state index in [1.165, 1.54) is 42.3 Å². The normalized spacial score (nSPS) is 16.3. The van der Waals surface area contributed by atoms with E-state index in [-0.39, 0.29) is 24.7 Å². The summed E-state index contributed by atoms with van der Waals surface area (Å²) in [4.78, 5) is 31.7. The van der Waals surface area contributed by atoms with Crippen LogP contribution >= 0.6 is 34.7 Å². The Morgan fingerprint density at radius 2 is 2.18 bits per heavy atom. The number of benzene rings is 2. The molecule has 0 saturated carbocycles. The van der Waals surface area contributed by atoms with Crippen molar-refractivity contribution in [3.8, 4) is 0 Å². The van der Waals surface area contributed by atoms with Crippen LogP contribution in [0.25, 0.3) is 10.2 Å². The Kier molecular flexibility index (Phi) is 5.27. The zero-order valence-corrected chi connectivity index (χ0v) is 17.0. The van der Waals surface area contributed by atoms with Gasteiger partial charge in [0.1, 0.15) is 10.8 Å². The summed E-state index contributed by atoms with van der Waals surface area (Å²) < 4.78 is 19.0. The quantitative estimate of drug-likeness (QED) is 0.557. The first-order chi connectivity index (χ1) is 13.5. The number of aromatic nitrogens is 1. The number of hydrogen-bond donors (Lipinski definition) is 0. The van der Waals surface area contributed by atoms with E-state index in [4.69, 9.17) is 16.3 Å². The maximum absolute atomic E-state index is 13.5. The van der Waals surface area contributed by atoms with Crippen LogP contribution in [0.5, 0.6) is 0 Å². The topological polar surface area (TPSA) is 59.5 Å². The summed E-state index contributed by atoms with van der Waals surface area (Å²) in [6.45, 7) is 0.189. The fourth-order valence-electron chi connectivity index (χ4n) is 3.01. The Labute approximate surface area is 173 Å². The van der Waals surface area contributed by atoms with E-state index in [2.05, 4.69) is 4.98 Å². The molecule has 1 aliphatic heterocycles. The molecule has 0 fully saturated rings. The van der Waals surface area contributed by atoms with E-state index < -0.39 is 11.2 Å². The van der Waals surface area contributed by atoms with Gasteiger partial charge in [-0.3, -0.25) is 9.59 Å². The standard InChI is InChI=1S/C19H14ClFN2O3S2/c1-26-17(24)8-15-19(25)23(18-11(20)3-2-4-14(18)27-15)9-16-22-12-7-10(21)5-6-13(12)28-16/h2-7,15H,8-9H2,1H3. The maximum atomic E-state index is 13.5. The summed E-state index contributed by atoms with van der Waals surface area (Å²) in [6, 6.07) is 9.80. The van der Waals surface area contributed by atoms with Crippen LogP contribution in [-0.4, -0.2) is 29.2 Å². The van der Waals surface area contributed by atoms with Crippen molar-refractivity contribution in [1.82, 2.24) is 4.98 Å². The molecule has 144 valence electrons. The smallest absolute Gasteiger partial charge is 0.307 e. The SMILES string of the molecule is COC(=O)CC1Sc2cccc(Cl)c2N(Cc2nc3cc(F)ccc3s2)C1=O. The highest BCUT2D eigenvalue weighted by atomic mass is 35.5. The lowest BCUT2D eigenvalue weighted by Crippen LogP contribution is -2.41. The van der Waals surface area contributed by atoms with Crippen molar-refractivity contribution >= 4 is 62.5 Å². The predicted octanol–water partition coefficient (Wildman–Crippen LogP) is 4.66. The summed E-state index contributed by atoms with van der Waals surface area (Å²) in [7, 11) is 1.29. The molecule has 3 aromatic rings. The van der Waals surface area contributed by atoms with Gasteiger partial charge in [-0.2, -0.15) is 0 Å². The van der Waals surface area contributed by atoms with Gasteiger partial charge in [-0.1, -0.05) is 17.7 Å². The number of nitrogens with zero attached hydrogens (tertiary/aromatic N) is 2. The van der Waals surface area contributed by atoms with Gasteiger partial charge in [0.15, 0.2) is 0 Å². The zero-order chi connectivity index (χ0) is 19.8. The van der Waals surface area contributed by atoms with Gasteiger partial charge >= 0.3 is 5.97 Å². The molecule has 0 N–H and O–H groups in total. The number of thiazole rings is 1. The Bertz CT molecular complexity index is 1090. The highest BCUT2D eigenvalue weighted by Gasteiger charge is 2.36. The molecule has 2 heterocycles. The minimum atomic E-state index is -0.606. The summed E-state index contributed by atoms with van der Waals surface area (Å²) in [6.07, 6.45) is -0.0342. The number of thioether (sulfide) groups is 1. The first-order valence-corrected chi connectivity index (χ1v) is 10.4. The highest BCUT2D eigenvalue weighted by Crippen LogP contribution is 2.45. The number of fused-ring (bicyclic) bond motifs is 2. The van der Waals surface area contributed by atoms with Crippen molar-refractivity contribution in [2.45, 2.75) is 23.1 Å².